The second-order valence-electron chi connectivity index (χ2n) is 5.89. The molecular weight excluding hydrogens is 384 g/mol. The summed E-state index contributed by atoms with van der Waals surface area (Å²) >= 11 is 5.93. The topological polar surface area (TPSA) is 123 Å². The zero-order valence-corrected chi connectivity index (χ0v) is 16.0. The number of anilines is 1. The van der Waals surface area contributed by atoms with Gasteiger partial charge in [-0.2, -0.15) is 5.10 Å². The highest BCUT2D eigenvalue weighted by molar-refractivity contribution is 6.39. The van der Waals surface area contributed by atoms with E-state index < -0.39 is 17.7 Å². The van der Waals surface area contributed by atoms with E-state index in [2.05, 4.69) is 15.8 Å². The van der Waals surface area contributed by atoms with Gasteiger partial charge in [-0.05, 0) is 55.3 Å². The Bertz CT molecular complexity index is 944. The van der Waals surface area contributed by atoms with Crippen LogP contribution in [-0.4, -0.2) is 30.5 Å². The average Bonchev–Trinajstić information content (AvgIpc) is 2.63. The molecule has 0 saturated carbocycles. The van der Waals surface area contributed by atoms with Gasteiger partial charge in [-0.1, -0.05) is 17.7 Å². The van der Waals surface area contributed by atoms with Gasteiger partial charge in [0.15, 0.2) is 6.61 Å². The van der Waals surface area contributed by atoms with Crippen molar-refractivity contribution in [1.82, 2.24) is 5.43 Å². The number of carbonyl (C=O) groups is 3. The van der Waals surface area contributed by atoms with Crippen LogP contribution in [-0.2, 0) is 14.4 Å². The van der Waals surface area contributed by atoms with Gasteiger partial charge in [-0.25, -0.2) is 5.43 Å². The van der Waals surface area contributed by atoms with Crippen molar-refractivity contribution in [3.8, 4) is 5.75 Å². The van der Waals surface area contributed by atoms with E-state index in [0.29, 0.717) is 22.0 Å². The average molecular weight is 403 g/mol. The molecule has 4 N–H and O–H groups in total. The normalized spacial score (nSPS) is 10.5. The molecule has 0 heterocycles. The highest BCUT2D eigenvalue weighted by Crippen LogP contribution is 2.21. The summed E-state index contributed by atoms with van der Waals surface area (Å²) in [5, 5.41) is 6.61. The monoisotopic (exact) mass is 402 g/mol. The van der Waals surface area contributed by atoms with Crippen molar-refractivity contribution in [3.05, 3.63) is 58.1 Å². The standard InChI is InChI=1S/C19H19ClN4O4/c1-11-3-5-15(7-12(11)2)23-18(26)19(27)24-22-9-13-8-14(20)4-6-16(13)28-10-17(21)25/h3-9H,10H2,1-2H3,(H2,21,25)(H,23,26)(H,24,27)/b22-9-. The minimum atomic E-state index is -0.948. The first-order valence-corrected chi connectivity index (χ1v) is 8.56. The van der Waals surface area contributed by atoms with E-state index in [9.17, 15) is 14.4 Å². The van der Waals surface area contributed by atoms with Gasteiger partial charge in [0.1, 0.15) is 5.75 Å². The Morgan fingerprint density at radius 1 is 1.11 bits per heavy atom. The van der Waals surface area contributed by atoms with E-state index in [1.54, 1.807) is 18.2 Å². The minimum absolute atomic E-state index is 0.292. The number of benzene rings is 2. The SMILES string of the molecule is Cc1ccc(NC(=O)C(=O)N/N=C\c2cc(Cl)ccc2OCC(N)=O)cc1C. The van der Waals surface area contributed by atoms with E-state index in [-0.39, 0.29) is 6.61 Å². The van der Waals surface area contributed by atoms with Gasteiger partial charge in [0, 0.05) is 16.3 Å². The fourth-order valence-electron chi connectivity index (χ4n) is 2.12. The number of nitrogens with two attached hydrogens (primary N) is 1. The Hall–Kier alpha value is -3.39. The van der Waals surface area contributed by atoms with Crippen LogP contribution in [0, 0.1) is 13.8 Å². The van der Waals surface area contributed by atoms with Crippen LogP contribution in [0.4, 0.5) is 5.69 Å². The van der Waals surface area contributed by atoms with Crippen molar-refractivity contribution < 1.29 is 19.1 Å². The predicted octanol–water partition coefficient (Wildman–Crippen LogP) is 1.91. The smallest absolute Gasteiger partial charge is 0.329 e. The molecule has 0 spiro atoms. The van der Waals surface area contributed by atoms with Crippen LogP contribution in [0.25, 0.3) is 0 Å². The molecule has 146 valence electrons. The zero-order chi connectivity index (χ0) is 20.7. The van der Waals surface area contributed by atoms with Crippen molar-refractivity contribution in [2.75, 3.05) is 11.9 Å². The number of nitrogens with zero attached hydrogens (tertiary/aromatic N) is 1. The largest absolute Gasteiger partial charge is 0.483 e. The number of carbonyl (C=O) groups excluding carboxylic acids is 3. The first kappa shape index (κ1) is 20.9. The highest BCUT2D eigenvalue weighted by Gasteiger charge is 2.13. The second kappa shape index (κ2) is 9.52. The van der Waals surface area contributed by atoms with Crippen LogP contribution in [0.3, 0.4) is 0 Å². The maximum atomic E-state index is 12.0. The summed E-state index contributed by atoms with van der Waals surface area (Å²) < 4.78 is 5.24. The summed E-state index contributed by atoms with van der Waals surface area (Å²) in [5.74, 6) is -2.16. The molecule has 0 aliphatic carbocycles. The summed E-state index contributed by atoms with van der Waals surface area (Å²) in [5.41, 5.74) is 10.1. The molecule has 0 fully saturated rings. The number of hydrogen-bond donors (Lipinski definition) is 3. The van der Waals surface area contributed by atoms with Crippen molar-refractivity contribution in [1.29, 1.82) is 0 Å². The van der Waals surface area contributed by atoms with E-state index >= 15 is 0 Å². The quantitative estimate of drug-likeness (QED) is 0.388. The van der Waals surface area contributed by atoms with Crippen molar-refractivity contribution in [3.63, 3.8) is 0 Å². The minimum Gasteiger partial charge on any atom is -0.483 e. The fourth-order valence-corrected chi connectivity index (χ4v) is 2.30. The van der Waals surface area contributed by atoms with Crippen molar-refractivity contribution in [2.45, 2.75) is 13.8 Å². The lowest BCUT2D eigenvalue weighted by Crippen LogP contribution is -2.32. The lowest BCUT2D eigenvalue weighted by atomic mass is 10.1. The Morgan fingerprint density at radius 2 is 1.86 bits per heavy atom. The van der Waals surface area contributed by atoms with Gasteiger partial charge in [0.05, 0.1) is 6.21 Å². The van der Waals surface area contributed by atoms with Crippen LogP contribution in [0.5, 0.6) is 5.75 Å². The summed E-state index contributed by atoms with van der Waals surface area (Å²) in [7, 11) is 0. The third-order valence-electron chi connectivity index (χ3n) is 3.68. The lowest BCUT2D eigenvalue weighted by Gasteiger charge is -2.08. The molecule has 0 bridgehead atoms. The van der Waals surface area contributed by atoms with E-state index in [1.165, 1.54) is 18.3 Å². The summed E-state index contributed by atoms with van der Waals surface area (Å²) in [6.45, 7) is 3.52. The van der Waals surface area contributed by atoms with Gasteiger partial charge in [-0.3, -0.25) is 14.4 Å². The lowest BCUT2D eigenvalue weighted by molar-refractivity contribution is -0.136. The Balaban J connectivity index is 2.00. The summed E-state index contributed by atoms with van der Waals surface area (Å²) in [6.07, 6.45) is 1.24. The molecule has 3 amide bonds. The van der Waals surface area contributed by atoms with Crippen molar-refractivity contribution in [2.24, 2.45) is 10.8 Å². The number of ether oxygens (including phenoxy) is 1. The number of hydrazone groups is 1. The van der Waals surface area contributed by atoms with Gasteiger partial charge in [0.2, 0.25) is 0 Å². The molecule has 0 radical (unpaired) electrons. The van der Waals surface area contributed by atoms with Crippen LogP contribution >= 0.6 is 11.6 Å². The molecule has 2 rings (SSSR count). The zero-order valence-electron chi connectivity index (χ0n) is 15.3. The predicted molar refractivity (Wildman–Crippen MR) is 106 cm³/mol. The molecule has 8 nitrogen and oxygen atoms in total. The molecule has 2 aromatic carbocycles. The highest BCUT2D eigenvalue weighted by atomic mass is 35.5. The molecule has 0 unspecified atom stereocenters. The number of aryl methyl sites for hydroxylation is 2. The van der Waals surface area contributed by atoms with Gasteiger partial charge in [-0.15, -0.1) is 0 Å². The maximum Gasteiger partial charge on any atom is 0.329 e. The number of halogens is 1. The summed E-state index contributed by atoms with van der Waals surface area (Å²) in [6, 6.07) is 9.91. The Morgan fingerprint density at radius 3 is 2.54 bits per heavy atom. The number of amides is 3. The van der Waals surface area contributed by atoms with E-state index in [0.717, 1.165) is 11.1 Å². The number of rotatable bonds is 6. The molecule has 0 saturated heterocycles. The molecule has 0 aliphatic heterocycles. The van der Waals surface area contributed by atoms with E-state index in [4.69, 9.17) is 22.1 Å². The van der Waals surface area contributed by atoms with Gasteiger partial charge < -0.3 is 15.8 Å². The Kier molecular flexibility index (Phi) is 7.11. The first-order valence-electron chi connectivity index (χ1n) is 8.18. The van der Waals surface area contributed by atoms with Crippen molar-refractivity contribution >= 4 is 41.2 Å². The molecule has 0 aromatic heterocycles. The summed E-state index contributed by atoms with van der Waals surface area (Å²) in [4.78, 5) is 34.7. The van der Waals surface area contributed by atoms with Crippen LogP contribution in [0.1, 0.15) is 16.7 Å². The van der Waals surface area contributed by atoms with E-state index in [1.807, 2.05) is 19.9 Å². The third-order valence-corrected chi connectivity index (χ3v) is 3.92. The molecular formula is C19H19ClN4O4. The van der Waals surface area contributed by atoms with Crippen LogP contribution in [0.2, 0.25) is 5.02 Å². The Labute approximate surface area is 166 Å². The third kappa shape index (κ3) is 6.10. The number of hydrogen-bond acceptors (Lipinski definition) is 5. The van der Waals surface area contributed by atoms with Crippen LogP contribution in [0.15, 0.2) is 41.5 Å². The second-order valence-corrected chi connectivity index (χ2v) is 6.33. The first-order chi connectivity index (χ1) is 13.3. The number of primary amides is 1. The molecule has 9 heteroatoms. The van der Waals surface area contributed by atoms with Gasteiger partial charge in [0.25, 0.3) is 5.91 Å². The maximum absolute atomic E-state index is 12.0. The molecule has 0 atom stereocenters. The number of nitrogens with one attached hydrogen (secondary N) is 2. The fraction of sp³-hybridized carbons (Fsp3) is 0.158. The van der Waals surface area contributed by atoms with Crippen LogP contribution < -0.4 is 21.2 Å². The van der Waals surface area contributed by atoms with Gasteiger partial charge >= 0.3 is 11.8 Å². The molecule has 2 aromatic rings. The molecule has 28 heavy (non-hydrogen) atoms. The molecule has 0 aliphatic rings.